The molecule has 2 atom stereocenters. The van der Waals surface area contributed by atoms with Crippen molar-refractivity contribution in [3.63, 3.8) is 0 Å². The van der Waals surface area contributed by atoms with E-state index in [4.69, 9.17) is 4.74 Å². The number of ether oxygens (including phenoxy) is 1. The zero-order valence-electron chi connectivity index (χ0n) is 18.1. The van der Waals surface area contributed by atoms with E-state index in [0.717, 1.165) is 13.1 Å². The predicted octanol–water partition coefficient (Wildman–Crippen LogP) is 1.22. The van der Waals surface area contributed by atoms with Crippen LogP contribution in [0.5, 0.6) is 0 Å². The number of nitrogens with zero attached hydrogens (tertiary/aromatic N) is 2. The van der Waals surface area contributed by atoms with Gasteiger partial charge >= 0.3 is 0 Å². The maximum Gasteiger partial charge on any atom is 0.263 e. The molecule has 166 valence electrons. The standard InChI is InChI=1S/C21H32N4O4S/c1-14(2)17(25-9-11-29-12-10-25)13-22-21(26)19(15(3)4)23-20-16-7-5-6-8-18(16)30(27,28)24-20/h5-8,14-15,17,19H,9-13H2,1-4H3,(H,22,26)(H,23,24)/t17?,19-/m0/s1. The van der Waals surface area contributed by atoms with Gasteiger partial charge in [0.2, 0.25) is 5.91 Å². The summed E-state index contributed by atoms with van der Waals surface area (Å²) in [5.41, 5.74) is 0.504. The molecule has 2 aliphatic rings. The van der Waals surface area contributed by atoms with Gasteiger partial charge in [-0.2, -0.15) is 0 Å². The van der Waals surface area contributed by atoms with Crippen molar-refractivity contribution in [2.24, 2.45) is 16.8 Å². The lowest BCUT2D eigenvalue weighted by atomic mass is 10.0. The number of fused-ring (bicyclic) bond motifs is 1. The highest BCUT2D eigenvalue weighted by molar-refractivity contribution is 7.90. The second-order valence-corrected chi connectivity index (χ2v) is 10.1. The van der Waals surface area contributed by atoms with E-state index in [2.05, 4.69) is 33.8 Å². The number of amides is 1. The van der Waals surface area contributed by atoms with Crippen LogP contribution in [-0.2, 0) is 19.6 Å². The van der Waals surface area contributed by atoms with Gasteiger partial charge in [0.05, 0.1) is 18.1 Å². The lowest BCUT2D eigenvalue weighted by molar-refractivity contribution is -0.123. The number of amidine groups is 1. The molecule has 2 heterocycles. The average Bonchev–Trinajstić information content (AvgIpc) is 2.97. The van der Waals surface area contributed by atoms with Gasteiger partial charge in [-0.1, -0.05) is 39.8 Å². The van der Waals surface area contributed by atoms with Gasteiger partial charge in [-0.15, -0.1) is 0 Å². The molecule has 1 fully saturated rings. The van der Waals surface area contributed by atoms with Crippen molar-refractivity contribution >= 4 is 21.8 Å². The molecule has 0 saturated carbocycles. The minimum absolute atomic E-state index is 0.0874. The molecule has 0 radical (unpaired) electrons. The number of carbonyl (C=O) groups is 1. The Kier molecular flexibility index (Phi) is 7.15. The molecular formula is C21H32N4O4S. The van der Waals surface area contributed by atoms with Crippen molar-refractivity contribution in [1.82, 2.24) is 14.9 Å². The molecule has 1 unspecified atom stereocenters. The smallest absolute Gasteiger partial charge is 0.263 e. The number of benzene rings is 1. The van der Waals surface area contributed by atoms with Crippen molar-refractivity contribution in [3.8, 4) is 0 Å². The fourth-order valence-electron chi connectivity index (χ4n) is 3.88. The van der Waals surface area contributed by atoms with Crippen molar-refractivity contribution < 1.29 is 17.9 Å². The molecule has 1 amide bonds. The first-order valence-electron chi connectivity index (χ1n) is 10.5. The Labute approximate surface area is 179 Å². The van der Waals surface area contributed by atoms with Crippen molar-refractivity contribution in [2.75, 3.05) is 32.8 Å². The molecule has 0 bridgehead atoms. The molecule has 0 spiro atoms. The maximum atomic E-state index is 13.0. The van der Waals surface area contributed by atoms with Gasteiger partial charge in [-0.05, 0) is 24.0 Å². The first-order valence-corrected chi connectivity index (χ1v) is 12.0. The molecule has 0 aromatic heterocycles. The van der Waals surface area contributed by atoms with Gasteiger partial charge in [-0.25, -0.2) is 8.42 Å². The Hall–Kier alpha value is -1.97. The summed E-state index contributed by atoms with van der Waals surface area (Å²) in [5, 5.41) is 3.06. The van der Waals surface area contributed by atoms with Crippen LogP contribution in [0.3, 0.4) is 0 Å². The van der Waals surface area contributed by atoms with Crippen LogP contribution in [0, 0.1) is 11.8 Å². The highest BCUT2D eigenvalue weighted by Crippen LogP contribution is 2.23. The number of hydrogen-bond donors (Lipinski definition) is 2. The SMILES string of the molecule is CC(C)C(CNC(=O)[C@@H](N=C1NS(=O)(=O)c2ccccc21)C(C)C)N1CCOCC1. The van der Waals surface area contributed by atoms with E-state index in [1.54, 1.807) is 24.3 Å². The minimum atomic E-state index is -3.63. The Morgan fingerprint density at radius 2 is 1.83 bits per heavy atom. The van der Waals surface area contributed by atoms with Crippen molar-refractivity contribution in [3.05, 3.63) is 29.8 Å². The van der Waals surface area contributed by atoms with E-state index in [1.807, 2.05) is 13.8 Å². The highest BCUT2D eigenvalue weighted by Gasteiger charge is 2.33. The lowest BCUT2D eigenvalue weighted by Gasteiger charge is -2.37. The summed E-state index contributed by atoms with van der Waals surface area (Å²) in [4.78, 5) is 20.1. The summed E-state index contributed by atoms with van der Waals surface area (Å²) in [5.74, 6) is 0.324. The molecule has 9 heteroatoms. The fourth-order valence-corrected chi connectivity index (χ4v) is 5.12. The number of sulfonamides is 1. The van der Waals surface area contributed by atoms with Gasteiger partial charge in [-0.3, -0.25) is 19.4 Å². The van der Waals surface area contributed by atoms with Crippen molar-refractivity contribution in [1.29, 1.82) is 0 Å². The topological polar surface area (TPSA) is 100 Å². The summed E-state index contributed by atoms with van der Waals surface area (Å²) in [7, 11) is -3.63. The highest BCUT2D eigenvalue weighted by atomic mass is 32.2. The Balaban J connectivity index is 1.75. The summed E-state index contributed by atoms with van der Waals surface area (Å²) in [6.07, 6.45) is 0. The number of nitrogens with one attached hydrogen (secondary N) is 2. The maximum absolute atomic E-state index is 13.0. The van der Waals surface area contributed by atoms with Crippen molar-refractivity contribution in [2.45, 2.75) is 44.7 Å². The number of morpholine rings is 1. The van der Waals surface area contributed by atoms with E-state index >= 15 is 0 Å². The predicted molar refractivity (Wildman–Crippen MR) is 116 cm³/mol. The van der Waals surface area contributed by atoms with Crippen LogP contribution in [0.15, 0.2) is 34.2 Å². The molecule has 8 nitrogen and oxygen atoms in total. The van der Waals surface area contributed by atoms with Crippen LogP contribution in [0.1, 0.15) is 33.3 Å². The molecule has 1 aromatic carbocycles. The number of rotatable bonds is 7. The van der Waals surface area contributed by atoms with Crippen LogP contribution in [-0.4, -0.2) is 70.0 Å². The largest absolute Gasteiger partial charge is 0.379 e. The first-order chi connectivity index (χ1) is 14.2. The summed E-state index contributed by atoms with van der Waals surface area (Å²) >= 11 is 0. The quantitative estimate of drug-likeness (QED) is 0.670. The summed E-state index contributed by atoms with van der Waals surface area (Å²) < 4.78 is 32.6. The zero-order chi connectivity index (χ0) is 21.9. The molecule has 2 N–H and O–H groups in total. The van der Waals surface area contributed by atoms with Gasteiger partial charge in [0.25, 0.3) is 10.0 Å². The van der Waals surface area contributed by atoms with E-state index in [9.17, 15) is 13.2 Å². The van der Waals surface area contributed by atoms with Gasteiger partial charge in [0.1, 0.15) is 11.9 Å². The molecule has 30 heavy (non-hydrogen) atoms. The summed E-state index contributed by atoms with van der Waals surface area (Å²) in [6.45, 7) is 11.8. The molecule has 0 aliphatic carbocycles. The number of hydrogen-bond acceptors (Lipinski definition) is 6. The molecular weight excluding hydrogens is 404 g/mol. The molecule has 1 aromatic rings. The van der Waals surface area contributed by atoms with Crippen LogP contribution in [0.2, 0.25) is 0 Å². The lowest BCUT2D eigenvalue weighted by Crippen LogP contribution is -2.52. The third-order valence-corrected chi connectivity index (χ3v) is 7.00. The first kappa shape index (κ1) is 22.7. The van der Waals surface area contributed by atoms with Gasteiger partial charge in [0, 0.05) is 31.2 Å². The molecule has 3 rings (SSSR count). The van der Waals surface area contributed by atoms with E-state index in [1.165, 1.54) is 0 Å². The van der Waals surface area contributed by atoms with Gasteiger partial charge in [0.15, 0.2) is 0 Å². The zero-order valence-corrected chi connectivity index (χ0v) is 18.9. The third kappa shape index (κ3) is 5.01. The minimum Gasteiger partial charge on any atom is -0.379 e. The van der Waals surface area contributed by atoms with Crippen LogP contribution in [0.25, 0.3) is 0 Å². The van der Waals surface area contributed by atoms with Crippen LogP contribution >= 0.6 is 0 Å². The van der Waals surface area contributed by atoms with Gasteiger partial charge < -0.3 is 10.1 Å². The normalized spacial score (nSPS) is 22.0. The van der Waals surface area contributed by atoms with Crippen LogP contribution in [0.4, 0.5) is 0 Å². The summed E-state index contributed by atoms with van der Waals surface area (Å²) in [6, 6.07) is 6.20. The number of carbonyl (C=O) groups excluding carboxylic acids is 1. The number of aliphatic imine (C=N–C) groups is 1. The second-order valence-electron chi connectivity index (χ2n) is 8.47. The van der Waals surface area contributed by atoms with E-state index in [0.29, 0.717) is 31.2 Å². The average molecular weight is 437 g/mol. The third-order valence-electron chi connectivity index (χ3n) is 5.60. The molecule has 1 saturated heterocycles. The van der Waals surface area contributed by atoms with E-state index in [-0.39, 0.29) is 28.6 Å². The fraction of sp³-hybridized carbons (Fsp3) is 0.619. The molecule has 2 aliphatic heterocycles. The Morgan fingerprint density at radius 3 is 2.47 bits per heavy atom. The van der Waals surface area contributed by atoms with Crippen LogP contribution < -0.4 is 10.0 Å². The Morgan fingerprint density at radius 1 is 1.17 bits per heavy atom. The second kappa shape index (κ2) is 9.45. The van der Waals surface area contributed by atoms with E-state index < -0.39 is 16.1 Å². The monoisotopic (exact) mass is 436 g/mol. The Bertz CT molecular complexity index is 892.